The molecule has 3 rings (SSSR count). The first-order valence-corrected chi connectivity index (χ1v) is 7.67. The Labute approximate surface area is 124 Å². The number of hydrogen-bond donors (Lipinski definition) is 0. The van der Waals surface area contributed by atoms with Crippen molar-refractivity contribution in [3.63, 3.8) is 0 Å². The highest BCUT2D eigenvalue weighted by Gasteiger charge is 2.22. The highest BCUT2D eigenvalue weighted by atomic mass is 35.5. The first-order valence-electron chi connectivity index (χ1n) is 7.13. The maximum absolute atomic E-state index is 5.72. The molecule has 0 spiro atoms. The van der Waals surface area contributed by atoms with E-state index >= 15 is 0 Å². The van der Waals surface area contributed by atoms with E-state index in [2.05, 4.69) is 34.7 Å². The molecule has 0 atom stereocenters. The Balaban J connectivity index is 1.72. The van der Waals surface area contributed by atoms with Gasteiger partial charge in [-0.2, -0.15) is 0 Å². The molecule has 0 N–H and O–H groups in total. The van der Waals surface area contributed by atoms with E-state index in [9.17, 15) is 0 Å². The Kier molecular flexibility index (Phi) is 4.13. The minimum atomic E-state index is 0.347. The predicted octanol–water partition coefficient (Wildman–Crippen LogP) is 2.80. The highest BCUT2D eigenvalue weighted by molar-refractivity contribution is 6.17. The Bertz CT molecular complexity index is 576. The summed E-state index contributed by atoms with van der Waals surface area (Å²) in [5.41, 5.74) is 2.24. The fourth-order valence-electron chi connectivity index (χ4n) is 2.85. The summed E-state index contributed by atoms with van der Waals surface area (Å²) in [7, 11) is 2.08. The molecule has 108 valence electrons. The molecule has 0 amide bonds. The van der Waals surface area contributed by atoms with Crippen LogP contribution in [0.5, 0.6) is 0 Å². The number of fused-ring (bicyclic) bond motifs is 1. The molecule has 20 heavy (non-hydrogen) atoms. The summed E-state index contributed by atoms with van der Waals surface area (Å²) in [5, 5.41) is 0. The van der Waals surface area contributed by atoms with E-state index in [1.165, 1.54) is 5.52 Å². The summed E-state index contributed by atoms with van der Waals surface area (Å²) in [6.45, 7) is 2.63. The van der Waals surface area contributed by atoms with E-state index in [0.717, 1.165) is 37.4 Å². The molecule has 5 heteroatoms. The fraction of sp³-hybridized carbons (Fsp3) is 0.533. The Hall–Kier alpha value is -1.26. The van der Waals surface area contributed by atoms with Gasteiger partial charge < -0.3 is 14.2 Å². The van der Waals surface area contributed by atoms with Crippen molar-refractivity contribution in [2.45, 2.75) is 18.9 Å². The van der Waals surface area contributed by atoms with Crippen molar-refractivity contribution in [1.29, 1.82) is 0 Å². The van der Waals surface area contributed by atoms with Gasteiger partial charge in [-0.3, -0.25) is 0 Å². The van der Waals surface area contributed by atoms with Crippen molar-refractivity contribution in [2.24, 2.45) is 7.05 Å². The molecule has 2 aromatic rings. The number of anilines is 1. The van der Waals surface area contributed by atoms with E-state index in [1.54, 1.807) is 0 Å². The zero-order valence-corrected chi connectivity index (χ0v) is 12.5. The number of imidazole rings is 1. The quantitative estimate of drug-likeness (QED) is 0.812. The van der Waals surface area contributed by atoms with Gasteiger partial charge in [-0.25, -0.2) is 4.98 Å². The molecule has 1 aliphatic rings. The van der Waals surface area contributed by atoms with Crippen LogP contribution in [0.3, 0.4) is 0 Å². The Morgan fingerprint density at radius 3 is 2.75 bits per heavy atom. The van der Waals surface area contributed by atoms with Crippen LogP contribution in [0.4, 0.5) is 5.95 Å². The lowest BCUT2D eigenvalue weighted by Gasteiger charge is -2.32. The van der Waals surface area contributed by atoms with Crippen LogP contribution in [0.15, 0.2) is 24.3 Å². The molecule has 0 bridgehead atoms. The summed E-state index contributed by atoms with van der Waals surface area (Å²) in [6.07, 6.45) is 2.43. The molecule has 4 nitrogen and oxygen atoms in total. The number of aromatic nitrogens is 2. The van der Waals surface area contributed by atoms with Gasteiger partial charge in [-0.05, 0) is 25.0 Å². The molecule has 1 aromatic heterocycles. The summed E-state index contributed by atoms with van der Waals surface area (Å²) in [4.78, 5) is 7.10. The second-order valence-corrected chi connectivity index (χ2v) is 5.58. The summed E-state index contributed by atoms with van der Waals surface area (Å²) < 4.78 is 7.90. The zero-order chi connectivity index (χ0) is 13.9. The van der Waals surface area contributed by atoms with Crippen LogP contribution in [0, 0.1) is 0 Å². The molecule has 0 saturated carbocycles. The second-order valence-electron chi connectivity index (χ2n) is 5.21. The monoisotopic (exact) mass is 293 g/mol. The highest BCUT2D eigenvalue weighted by Crippen LogP contribution is 2.24. The van der Waals surface area contributed by atoms with Crippen molar-refractivity contribution in [2.75, 3.05) is 30.5 Å². The first kappa shape index (κ1) is 13.7. The van der Waals surface area contributed by atoms with E-state index in [1.807, 2.05) is 6.07 Å². The average molecular weight is 294 g/mol. The minimum absolute atomic E-state index is 0.347. The third-order valence-electron chi connectivity index (χ3n) is 3.92. The van der Waals surface area contributed by atoms with E-state index in [-0.39, 0.29) is 0 Å². The lowest BCUT2D eigenvalue weighted by molar-refractivity contribution is 0.0469. The number of ether oxygens (including phenoxy) is 1. The third-order valence-corrected chi connectivity index (χ3v) is 4.07. The molecule has 0 unspecified atom stereocenters. The van der Waals surface area contributed by atoms with Crippen LogP contribution in [-0.2, 0) is 11.8 Å². The standard InChI is InChI=1S/C15H20ClN3O/c1-18-14-5-3-2-4-13(14)17-15(18)19-9-6-12(7-10-19)20-11-8-16/h2-5,12H,6-11H2,1H3. The molecule has 0 radical (unpaired) electrons. The Morgan fingerprint density at radius 1 is 1.30 bits per heavy atom. The van der Waals surface area contributed by atoms with Gasteiger partial charge in [0.05, 0.1) is 23.7 Å². The molecule has 1 aliphatic heterocycles. The number of rotatable bonds is 4. The Morgan fingerprint density at radius 2 is 2.05 bits per heavy atom. The molecule has 1 saturated heterocycles. The van der Waals surface area contributed by atoms with Gasteiger partial charge in [0.15, 0.2) is 0 Å². The van der Waals surface area contributed by atoms with Crippen LogP contribution in [-0.4, -0.2) is 41.2 Å². The summed E-state index contributed by atoms with van der Waals surface area (Å²) >= 11 is 5.66. The van der Waals surface area contributed by atoms with Gasteiger partial charge in [0, 0.05) is 26.0 Å². The van der Waals surface area contributed by atoms with Crippen LogP contribution in [0.1, 0.15) is 12.8 Å². The second kappa shape index (κ2) is 6.02. The van der Waals surface area contributed by atoms with E-state index in [4.69, 9.17) is 21.3 Å². The van der Waals surface area contributed by atoms with Crippen molar-refractivity contribution in [3.8, 4) is 0 Å². The molecular weight excluding hydrogens is 274 g/mol. The van der Waals surface area contributed by atoms with Crippen LogP contribution in [0.2, 0.25) is 0 Å². The number of piperidine rings is 1. The van der Waals surface area contributed by atoms with E-state index in [0.29, 0.717) is 18.6 Å². The van der Waals surface area contributed by atoms with Gasteiger partial charge in [0.1, 0.15) is 0 Å². The van der Waals surface area contributed by atoms with E-state index < -0.39 is 0 Å². The maximum Gasteiger partial charge on any atom is 0.206 e. The molecular formula is C15H20ClN3O. The number of halogens is 1. The van der Waals surface area contributed by atoms with Gasteiger partial charge in [-0.15, -0.1) is 11.6 Å². The number of nitrogens with zero attached hydrogens (tertiary/aromatic N) is 3. The summed E-state index contributed by atoms with van der Waals surface area (Å²) in [6, 6.07) is 8.27. The van der Waals surface area contributed by atoms with Gasteiger partial charge in [-0.1, -0.05) is 12.1 Å². The number of benzene rings is 1. The van der Waals surface area contributed by atoms with Crippen LogP contribution >= 0.6 is 11.6 Å². The lowest BCUT2D eigenvalue weighted by atomic mass is 10.1. The first-order chi connectivity index (χ1) is 9.79. The smallest absolute Gasteiger partial charge is 0.206 e. The largest absolute Gasteiger partial charge is 0.377 e. The SMILES string of the molecule is Cn1c(N2CCC(OCCCl)CC2)nc2ccccc21. The fourth-order valence-corrected chi connectivity index (χ4v) is 2.94. The van der Waals surface area contributed by atoms with Gasteiger partial charge in [0.25, 0.3) is 0 Å². The van der Waals surface area contributed by atoms with Gasteiger partial charge >= 0.3 is 0 Å². The topological polar surface area (TPSA) is 30.3 Å². The normalized spacial score (nSPS) is 17.0. The van der Waals surface area contributed by atoms with Crippen molar-refractivity contribution in [3.05, 3.63) is 24.3 Å². The maximum atomic E-state index is 5.72. The predicted molar refractivity (Wildman–Crippen MR) is 82.6 cm³/mol. The lowest BCUT2D eigenvalue weighted by Crippen LogP contribution is -2.38. The van der Waals surface area contributed by atoms with Crippen molar-refractivity contribution >= 4 is 28.6 Å². The zero-order valence-electron chi connectivity index (χ0n) is 11.8. The minimum Gasteiger partial charge on any atom is -0.377 e. The summed E-state index contributed by atoms with van der Waals surface area (Å²) in [5.74, 6) is 1.63. The number of alkyl halides is 1. The van der Waals surface area contributed by atoms with Gasteiger partial charge in [0.2, 0.25) is 5.95 Å². The third kappa shape index (κ3) is 2.63. The average Bonchev–Trinajstić information content (AvgIpc) is 2.83. The molecule has 2 heterocycles. The van der Waals surface area contributed by atoms with Crippen LogP contribution in [0.25, 0.3) is 11.0 Å². The molecule has 0 aliphatic carbocycles. The van der Waals surface area contributed by atoms with Crippen LogP contribution < -0.4 is 4.90 Å². The van der Waals surface area contributed by atoms with Crippen molar-refractivity contribution in [1.82, 2.24) is 9.55 Å². The molecule has 1 aromatic carbocycles. The number of para-hydroxylation sites is 2. The van der Waals surface area contributed by atoms with Crippen molar-refractivity contribution < 1.29 is 4.74 Å². The number of hydrogen-bond acceptors (Lipinski definition) is 3. The number of aryl methyl sites for hydroxylation is 1. The molecule has 1 fully saturated rings.